The van der Waals surface area contributed by atoms with E-state index < -0.39 is 43.9 Å². The fraction of sp³-hybridized carbons (Fsp3) is 0.160. The van der Waals surface area contributed by atoms with Crippen LogP contribution in [0.4, 0.5) is 11.4 Å². The second-order valence-corrected chi connectivity index (χ2v) is 9.72. The number of carbonyl (C=O) groups excluding carboxylic acids is 2. The van der Waals surface area contributed by atoms with Gasteiger partial charge in [0, 0.05) is 12.1 Å². The predicted molar refractivity (Wildman–Crippen MR) is 144 cm³/mol. The Morgan fingerprint density at radius 1 is 1.05 bits per heavy atom. The third-order valence-corrected chi connectivity index (χ3v) is 7.04. The van der Waals surface area contributed by atoms with Crippen molar-refractivity contribution >= 4 is 39.4 Å². The van der Waals surface area contributed by atoms with E-state index in [4.69, 9.17) is 19.9 Å². The Morgan fingerprint density at radius 2 is 1.73 bits per heavy atom. The van der Waals surface area contributed by atoms with Crippen molar-refractivity contribution in [2.45, 2.75) is 4.90 Å². The molecule has 2 amide bonds. The lowest BCUT2D eigenvalue weighted by molar-refractivity contribution is -0.387. The van der Waals surface area contributed by atoms with Crippen LogP contribution in [0.25, 0.3) is 0 Å². The number of amides is 2. The Balaban J connectivity index is 1.89. The average Bonchev–Trinajstić information content (AvgIpc) is 2.95. The van der Waals surface area contributed by atoms with E-state index in [1.807, 2.05) is 0 Å². The fourth-order valence-electron chi connectivity index (χ4n) is 3.38. The summed E-state index contributed by atoms with van der Waals surface area (Å²) in [7, 11) is -1.96. The van der Waals surface area contributed by atoms with Crippen molar-refractivity contribution in [1.82, 2.24) is 5.43 Å². The molecule has 0 heterocycles. The lowest BCUT2D eigenvalue weighted by Gasteiger charge is -2.25. The van der Waals surface area contributed by atoms with Crippen LogP contribution in [0.3, 0.4) is 0 Å². The molecule has 0 atom stereocenters. The summed E-state index contributed by atoms with van der Waals surface area (Å²) in [5.74, 6) is -0.694. The van der Waals surface area contributed by atoms with Crippen molar-refractivity contribution in [2.75, 3.05) is 31.7 Å². The summed E-state index contributed by atoms with van der Waals surface area (Å²) in [6.07, 6.45) is 1.30. The Labute approximate surface area is 229 Å². The summed E-state index contributed by atoms with van der Waals surface area (Å²) >= 11 is 0. The third kappa shape index (κ3) is 7.22. The van der Waals surface area contributed by atoms with Gasteiger partial charge in [0.25, 0.3) is 27.5 Å². The van der Waals surface area contributed by atoms with Crippen molar-refractivity contribution in [2.24, 2.45) is 10.8 Å². The zero-order chi connectivity index (χ0) is 29.3. The van der Waals surface area contributed by atoms with Gasteiger partial charge in [-0.3, -0.25) is 24.0 Å². The summed E-state index contributed by atoms with van der Waals surface area (Å²) < 4.78 is 43.8. The molecule has 0 aliphatic carbocycles. The highest BCUT2D eigenvalue weighted by atomic mass is 32.2. The molecular weight excluding hydrogens is 546 g/mol. The summed E-state index contributed by atoms with van der Waals surface area (Å²) in [5.41, 5.74) is 7.10. The maximum atomic E-state index is 13.7. The van der Waals surface area contributed by atoms with Gasteiger partial charge in [0.1, 0.15) is 23.8 Å². The topological polar surface area (TPSA) is 193 Å². The first-order valence-corrected chi connectivity index (χ1v) is 12.8. The van der Waals surface area contributed by atoms with Crippen molar-refractivity contribution in [1.29, 1.82) is 0 Å². The number of carbonyl (C=O) groups is 2. The van der Waals surface area contributed by atoms with Crippen molar-refractivity contribution in [3.05, 3.63) is 82.4 Å². The zero-order valence-corrected chi connectivity index (χ0v) is 22.2. The number of hydrogen-bond donors (Lipinski definition) is 2. The molecule has 3 rings (SSSR count). The molecule has 15 heteroatoms. The van der Waals surface area contributed by atoms with E-state index in [0.717, 1.165) is 12.1 Å². The smallest absolute Gasteiger partial charge is 0.289 e. The van der Waals surface area contributed by atoms with E-state index in [9.17, 15) is 28.1 Å². The number of hydrazone groups is 1. The van der Waals surface area contributed by atoms with E-state index in [1.165, 1.54) is 50.8 Å². The second kappa shape index (κ2) is 13.1. The number of nitrogens with two attached hydrogens (primary N) is 1. The minimum absolute atomic E-state index is 0.0384. The Bertz CT molecular complexity index is 1530. The van der Waals surface area contributed by atoms with Gasteiger partial charge < -0.3 is 19.9 Å². The molecule has 0 bridgehead atoms. The molecule has 0 spiro atoms. The average molecular weight is 572 g/mol. The number of methoxy groups -OCH3 is 2. The molecule has 0 unspecified atom stereocenters. The highest BCUT2D eigenvalue weighted by Gasteiger charge is 2.34. The van der Waals surface area contributed by atoms with Crippen molar-refractivity contribution < 1.29 is 37.1 Å². The molecule has 3 N–H and O–H groups in total. The van der Waals surface area contributed by atoms with Crippen LogP contribution in [0.15, 0.2) is 76.7 Å². The first kappa shape index (κ1) is 29.4. The second-order valence-electron chi connectivity index (χ2n) is 7.89. The van der Waals surface area contributed by atoms with Crippen molar-refractivity contribution in [3.63, 3.8) is 0 Å². The van der Waals surface area contributed by atoms with E-state index in [0.29, 0.717) is 21.4 Å². The van der Waals surface area contributed by atoms with E-state index in [1.54, 1.807) is 24.3 Å². The molecule has 0 aliphatic heterocycles. The van der Waals surface area contributed by atoms with Gasteiger partial charge >= 0.3 is 0 Å². The van der Waals surface area contributed by atoms with Gasteiger partial charge in [-0.25, -0.2) is 13.8 Å². The normalized spacial score (nSPS) is 11.1. The van der Waals surface area contributed by atoms with Crippen LogP contribution < -0.4 is 29.7 Å². The molecule has 0 aliphatic rings. The SMILES string of the molecule is COc1ccc(N(CC(=O)N/N=C\c2ccc(OCC(N)=O)cc2)S(=O)(=O)c2ccccc2[N+](=O)[O-])c(OC)c1. The first-order chi connectivity index (χ1) is 19.1. The monoisotopic (exact) mass is 571 g/mol. The molecule has 40 heavy (non-hydrogen) atoms. The van der Waals surface area contributed by atoms with Gasteiger partial charge in [0.2, 0.25) is 0 Å². The van der Waals surface area contributed by atoms with Gasteiger partial charge in [-0.15, -0.1) is 0 Å². The lowest BCUT2D eigenvalue weighted by Crippen LogP contribution is -2.40. The number of anilines is 1. The van der Waals surface area contributed by atoms with E-state index >= 15 is 0 Å². The molecule has 210 valence electrons. The van der Waals surface area contributed by atoms with E-state index in [2.05, 4.69) is 10.5 Å². The van der Waals surface area contributed by atoms with Gasteiger partial charge in [-0.05, 0) is 48.0 Å². The molecule has 3 aromatic carbocycles. The van der Waals surface area contributed by atoms with Crippen LogP contribution in [-0.2, 0) is 19.6 Å². The number of nitro groups is 1. The maximum absolute atomic E-state index is 13.7. The predicted octanol–water partition coefficient (Wildman–Crippen LogP) is 1.82. The number of nitrogens with one attached hydrogen (secondary N) is 1. The highest BCUT2D eigenvalue weighted by Crippen LogP contribution is 2.37. The largest absolute Gasteiger partial charge is 0.497 e. The standard InChI is InChI=1S/C25H25N5O9S/c1-37-19-11-12-20(22(13-19)38-2)29(40(35,36)23-6-4-3-5-21(23)30(33)34)15-25(32)28-27-14-17-7-9-18(10-8-17)39-16-24(26)31/h3-14H,15-16H2,1-2H3,(H2,26,31)(H,28,32)/b27-14-. The first-order valence-electron chi connectivity index (χ1n) is 11.4. The summed E-state index contributed by atoms with van der Waals surface area (Å²) in [5, 5.41) is 15.4. The molecule has 14 nitrogen and oxygen atoms in total. The van der Waals surface area contributed by atoms with Crippen LogP contribution in [-0.4, -0.2) is 58.7 Å². The summed E-state index contributed by atoms with van der Waals surface area (Å²) in [6.45, 7) is -1.08. The van der Waals surface area contributed by atoms with Crippen LogP contribution in [0.5, 0.6) is 17.2 Å². The molecule has 0 aromatic heterocycles. The summed E-state index contributed by atoms with van der Waals surface area (Å²) in [6, 6.07) is 15.3. The van der Waals surface area contributed by atoms with Gasteiger partial charge in [-0.1, -0.05) is 12.1 Å². The number of para-hydroxylation sites is 1. The van der Waals surface area contributed by atoms with Crippen LogP contribution in [0, 0.1) is 10.1 Å². The maximum Gasteiger partial charge on any atom is 0.289 e. The highest BCUT2D eigenvalue weighted by molar-refractivity contribution is 7.93. The molecule has 0 fully saturated rings. The Morgan fingerprint density at radius 3 is 2.35 bits per heavy atom. The third-order valence-electron chi connectivity index (χ3n) is 5.24. The number of ether oxygens (including phenoxy) is 3. The number of rotatable bonds is 13. The molecular formula is C25H25N5O9S. The van der Waals surface area contributed by atoms with Crippen LogP contribution >= 0.6 is 0 Å². The Hall–Kier alpha value is -5.18. The summed E-state index contributed by atoms with van der Waals surface area (Å²) in [4.78, 5) is 33.8. The number of primary amides is 1. The quantitative estimate of drug-likeness (QED) is 0.175. The number of benzene rings is 3. The van der Waals surface area contributed by atoms with Crippen LogP contribution in [0.1, 0.15) is 5.56 Å². The molecule has 3 aromatic rings. The number of sulfonamides is 1. The van der Waals surface area contributed by atoms with Gasteiger partial charge in [-0.2, -0.15) is 5.10 Å². The number of nitro benzene ring substituents is 1. The van der Waals surface area contributed by atoms with Crippen molar-refractivity contribution in [3.8, 4) is 17.2 Å². The molecule has 0 saturated heterocycles. The minimum atomic E-state index is -4.66. The van der Waals surface area contributed by atoms with E-state index in [-0.39, 0.29) is 18.0 Å². The number of hydrogen-bond acceptors (Lipinski definition) is 10. The number of nitrogens with zero attached hydrogens (tertiary/aromatic N) is 3. The molecule has 0 saturated carbocycles. The van der Waals surface area contributed by atoms with Crippen LogP contribution in [0.2, 0.25) is 0 Å². The minimum Gasteiger partial charge on any atom is -0.497 e. The molecule has 0 radical (unpaired) electrons. The zero-order valence-electron chi connectivity index (χ0n) is 21.3. The fourth-order valence-corrected chi connectivity index (χ4v) is 4.98. The van der Waals surface area contributed by atoms with Gasteiger partial charge in [0.15, 0.2) is 11.5 Å². The lowest BCUT2D eigenvalue weighted by atomic mass is 10.2. The van der Waals surface area contributed by atoms with Gasteiger partial charge in [0.05, 0.1) is 31.0 Å². The Kier molecular flexibility index (Phi) is 9.59.